The summed E-state index contributed by atoms with van der Waals surface area (Å²) < 4.78 is 1.87. The van der Waals surface area contributed by atoms with Gasteiger partial charge in [-0.3, -0.25) is 4.99 Å². The second kappa shape index (κ2) is 11.9. The van der Waals surface area contributed by atoms with Crippen LogP contribution in [0.3, 0.4) is 0 Å². The Morgan fingerprint density at radius 2 is 1.88 bits per heavy atom. The molecule has 5 nitrogen and oxygen atoms in total. The first-order chi connectivity index (χ1) is 11.3. The van der Waals surface area contributed by atoms with Crippen molar-refractivity contribution in [3.63, 3.8) is 0 Å². The molecule has 1 aromatic heterocycles. The van der Waals surface area contributed by atoms with E-state index in [1.165, 1.54) is 24.8 Å². The first kappa shape index (κ1) is 20.5. The highest BCUT2D eigenvalue weighted by Crippen LogP contribution is 2.08. The van der Waals surface area contributed by atoms with Gasteiger partial charge in [0.2, 0.25) is 0 Å². The molecule has 0 atom stereocenters. The fourth-order valence-corrected chi connectivity index (χ4v) is 2.36. The fourth-order valence-electron chi connectivity index (χ4n) is 2.36. The number of rotatable bonds is 8. The zero-order valence-electron chi connectivity index (χ0n) is 14.5. The zero-order valence-corrected chi connectivity index (χ0v) is 16.9. The van der Waals surface area contributed by atoms with Crippen LogP contribution in [-0.4, -0.2) is 35.9 Å². The van der Waals surface area contributed by atoms with Crippen molar-refractivity contribution in [2.24, 2.45) is 4.99 Å². The lowest BCUT2D eigenvalue weighted by Gasteiger charge is -2.12. The van der Waals surface area contributed by atoms with Gasteiger partial charge in [0.05, 0.1) is 5.69 Å². The molecular weight excluding hydrogens is 413 g/mol. The van der Waals surface area contributed by atoms with Gasteiger partial charge in [0.15, 0.2) is 5.96 Å². The number of nitrogens with zero attached hydrogens (tertiary/aromatic N) is 3. The minimum atomic E-state index is 0. The number of aromatic nitrogens is 2. The van der Waals surface area contributed by atoms with Gasteiger partial charge in [0, 0.05) is 32.5 Å². The van der Waals surface area contributed by atoms with E-state index in [2.05, 4.69) is 51.9 Å². The van der Waals surface area contributed by atoms with E-state index in [0.717, 1.165) is 31.2 Å². The van der Waals surface area contributed by atoms with E-state index in [-0.39, 0.29) is 24.0 Å². The smallest absolute Gasteiger partial charge is 0.190 e. The molecule has 0 amide bonds. The summed E-state index contributed by atoms with van der Waals surface area (Å²) >= 11 is 0. The third-order valence-electron chi connectivity index (χ3n) is 3.71. The molecule has 6 heteroatoms. The summed E-state index contributed by atoms with van der Waals surface area (Å²) in [7, 11) is 1.81. The maximum Gasteiger partial charge on any atom is 0.190 e. The minimum Gasteiger partial charge on any atom is -0.356 e. The number of hydrogen-bond donors (Lipinski definition) is 2. The van der Waals surface area contributed by atoms with Crippen molar-refractivity contribution in [3.05, 3.63) is 48.3 Å². The van der Waals surface area contributed by atoms with Crippen molar-refractivity contribution >= 4 is 29.9 Å². The third-order valence-corrected chi connectivity index (χ3v) is 3.71. The Bertz CT molecular complexity index is 578. The first-order valence-electron chi connectivity index (χ1n) is 8.37. The van der Waals surface area contributed by atoms with Gasteiger partial charge < -0.3 is 10.6 Å². The summed E-state index contributed by atoms with van der Waals surface area (Å²) in [6, 6.07) is 10.4. The predicted octanol–water partition coefficient (Wildman–Crippen LogP) is 3.39. The van der Waals surface area contributed by atoms with Crippen LogP contribution in [0.15, 0.2) is 47.7 Å². The Hall–Kier alpha value is -1.57. The summed E-state index contributed by atoms with van der Waals surface area (Å²) in [5, 5.41) is 10.9. The van der Waals surface area contributed by atoms with E-state index in [1.807, 2.05) is 24.0 Å². The van der Waals surface area contributed by atoms with Crippen LogP contribution in [0, 0.1) is 0 Å². The van der Waals surface area contributed by atoms with Crippen molar-refractivity contribution in [2.45, 2.75) is 32.6 Å². The van der Waals surface area contributed by atoms with Gasteiger partial charge >= 0.3 is 0 Å². The van der Waals surface area contributed by atoms with Gasteiger partial charge in [0.25, 0.3) is 0 Å². The SMILES string of the molecule is CCCCCNC(=NC)NCCc1ccc(-n2cccn2)cc1.I. The molecule has 2 aromatic rings. The van der Waals surface area contributed by atoms with Gasteiger partial charge in [-0.25, -0.2) is 4.68 Å². The average Bonchev–Trinajstić information content (AvgIpc) is 3.12. The lowest BCUT2D eigenvalue weighted by Crippen LogP contribution is -2.38. The van der Waals surface area contributed by atoms with Gasteiger partial charge in [-0.1, -0.05) is 31.9 Å². The van der Waals surface area contributed by atoms with Crippen LogP contribution in [-0.2, 0) is 6.42 Å². The van der Waals surface area contributed by atoms with Crippen LogP contribution in [0.5, 0.6) is 0 Å². The maximum absolute atomic E-state index is 4.25. The number of benzene rings is 1. The van der Waals surface area contributed by atoms with Gasteiger partial charge in [-0.15, -0.1) is 24.0 Å². The summed E-state index contributed by atoms with van der Waals surface area (Å²) in [5.41, 5.74) is 2.38. The van der Waals surface area contributed by atoms with E-state index >= 15 is 0 Å². The highest BCUT2D eigenvalue weighted by atomic mass is 127. The molecule has 0 unspecified atom stereocenters. The van der Waals surface area contributed by atoms with E-state index in [0.29, 0.717) is 0 Å². The Morgan fingerprint density at radius 3 is 2.50 bits per heavy atom. The molecule has 0 aliphatic rings. The molecule has 2 rings (SSSR count). The monoisotopic (exact) mass is 441 g/mol. The van der Waals surface area contributed by atoms with E-state index in [4.69, 9.17) is 0 Å². The molecular formula is C18H28IN5. The molecule has 0 aliphatic heterocycles. The second-order valence-corrected chi connectivity index (χ2v) is 5.50. The Morgan fingerprint density at radius 1 is 1.12 bits per heavy atom. The zero-order chi connectivity index (χ0) is 16.3. The lowest BCUT2D eigenvalue weighted by atomic mass is 10.1. The molecule has 24 heavy (non-hydrogen) atoms. The van der Waals surface area contributed by atoms with Crippen LogP contribution in [0.2, 0.25) is 0 Å². The lowest BCUT2D eigenvalue weighted by molar-refractivity contribution is 0.682. The van der Waals surface area contributed by atoms with Crippen LogP contribution < -0.4 is 10.6 Å². The Balaban J connectivity index is 0.00000288. The predicted molar refractivity (Wildman–Crippen MR) is 112 cm³/mol. The van der Waals surface area contributed by atoms with Crippen LogP contribution in [0.25, 0.3) is 5.69 Å². The van der Waals surface area contributed by atoms with Gasteiger partial charge in [-0.05, 0) is 36.6 Å². The third kappa shape index (κ3) is 6.90. The summed E-state index contributed by atoms with van der Waals surface area (Å²) in [6.07, 6.45) is 8.39. The highest BCUT2D eigenvalue weighted by Gasteiger charge is 1.99. The number of guanidine groups is 1. The van der Waals surface area contributed by atoms with Crippen molar-refractivity contribution in [2.75, 3.05) is 20.1 Å². The molecule has 1 heterocycles. The number of nitrogens with one attached hydrogen (secondary N) is 2. The van der Waals surface area contributed by atoms with Gasteiger partial charge in [0.1, 0.15) is 0 Å². The van der Waals surface area contributed by atoms with Crippen molar-refractivity contribution in [1.82, 2.24) is 20.4 Å². The molecule has 1 aromatic carbocycles. The Kier molecular flexibility index (Phi) is 10.1. The largest absolute Gasteiger partial charge is 0.356 e. The molecule has 0 radical (unpaired) electrons. The quantitative estimate of drug-likeness (QED) is 0.286. The molecule has 0 saturated heterocycles. The molecule has 0 aliphatic carbocycles. The maximum atomic E-state index is 4.25. The van der Waals surface area contributed by atoms with Gasteiger partial charge in [-0.2, -0.15) is 5.10 Å². The van der Waals surface area contributed by atoms with E-state index in [1.54, 1.807) is 6.20 Å². The van der Waals surface area contributed by atoms with Crippen molar-refractivity contribution in [1.29, 1.82) is 0 Å². The second-order valence-electron chi connectivity index (χ2n) is 5.50. The van der Waals surface area contributed by atoms with Crippen LogP contribution in [0.4, 0.5) is 0 Å². The molecule has 0 bridgehead atoms. The number of aliphatic imine (C=N–C) groups is 1. The highest BCUT2D eigenvalue weighted by molar-refractivity contribution is 14.0. The van der Waals surface area contributed by atoms with Crippen molar-refractivity contribution < 1.29 is 0 Å². The minimum absolute atomic E-state index is 0. The fraction of sp³-hybridized carbons (Fsp3) is 0.444. The van der Waals surface area contributed by atoms with Crippen molar-refractivity contribution in [3.8, 4) is 5.69 Å². The summed E-state index contributed by atoms with van der Waals surface area (Å²) in [5.74, 6) is 0.884. The summed E-state index contributed by atoms with van der Waals surface area (Å²) in [4.78, 5) is 4.25. The van der Waals surface area contributed by atoms with E-state index < -0.39 is 0 Å². The number of hydrogen-bond acceptors (Lipinski definition) is 2. The molecule has 0 saturated carbocycles. The molecule has 2 N–H and O–H groups in total. The molecule has 0 spiro atoms. The number of unbranched alkanes of at least 4 members (excludes halogenated alkanes) is 2. The van der Waals surface area contributed by atoms with Crippen LogP contribution in [0.1, 0.15) is 31.7 Å². The standard InChI is InChI=1S/C18H27N5.HI/c1-3-4-5-12-20-18(19-2)21-14-11-16-7-9-17(10-8-16)23-15-6-13-22-23;/h6-10,13,15H,3-5,11-12,14H2,1-2H3,(H2,19,20,21);1H. The van der Waals surface area contributed by atoms with Crippen LogP contribution >= 0.6 is 24.0 Å². The van der Waals surface area contributed by atoms with E-state index in [9.17, 15) is 0 Å². The average molecular weight is 441 g/mol. The molecule has 132 valence electrons. The topological polar surface area (TPSA) is 54.2 Å². The number of halogens is 1. The Labute approximate surface area is 162 Å². The molecule has 0 fully saturated rings. The summed E-state index contributed by atoms with van der Waals surface area (Å²) in [6.45, 7) is 4.06. The normalized spacial score (nSPS) is 11.0. The first-order valence-corrected chi connectivity index (χ1v) is 8.37.